The Kier molecular flexibility index (Phi) is 3.39. The van der Waals surface area contributed by atoms with Gasteiger partial charge in [0.25, 0.3) is 0 Å². The van der Waals surface area contributed by atoms with Gasteiger partial charge >= 0.3 is 5.97 Å². The van der Waals surface area contributed by atoms with Crippen molar-refractivity contribution < 1.29 is 14.7 Å². The number of aromatic nitrogens is 3. The van der Waals surface area contributed by atoms with Crippen LogP contribution in [0.5, 0.6) is 0 Å². The molecule has 7 heteroatoms. The van der Waals surface area contributed by atoms with Gasteiger partial charge in [-0.2, -0.15) is 5.10 Å². The van der Waals surface area contributed by atoms with Crippen LogP contribution in [-0.2, 0) is 16.1 Å². The van der Waals surface area contributed by atoms with E-state index >= 15 is 0 Å². The lowest BCUT2D eigenvalue weighted by Gasteiger charge is -2.07. The Balaban J connectivity index is 1.64. The third kappa shape index (κ3) is 3.07. The van der Waals surface area contributed by atoms with Gasteiger partial charge in [0.05, 0.1) is 18.4 Å². The zero-order chi connectivity index (χ0) is 14.8. The van der Waals surface area contributed by atoms with Crippen molar-refractivity contribution in [2.75, 3.05) is 5.32 Å². The summed E-state index contributed by atoms with van der Waals surface area (Å²) >= 11 is 0. The molecular weight excluding hydrogens is 272 g/mol. The molecule has 0 aliphatic heterocycles. The van der Waals surface area contributed by atoms with E-state index in [-0.39, 0.29) is 5.91 Å². The molecule has 7 nitrogen and oxygen atoms in total. The number of nitrogens with zero attached hydrogens (tertiary/aromatic N) is 3. The standard InChI is InChI=1S/C14H14N4O3/c19-13(11-5-12(11)14(20)21)17-10-3-1-2-9(4-10)6-18-8-15-7-16-18/h1-4,7-8,11-12H,5-6H2,(H,17,19)(H,20,21). The SMILES string of the molecule is O=C(O)C1CC1C(=O)Nc1cccc(Cn2cncn2)c1. The second-order valence-electron chi connectivity index (χ2n) is 5.07. The summed E-state index contributed by atoms with van der Waals surface area (Å²) in [6, 6.07) is 7.39. The van der Waals surface area contributed by atoms with Crippen LogP contribution in [0.25, 0.3) is 0 Å². The maximum absolute atomic E-state index is 11.9. The van der Waals surface area contributed by atoms with Gasteiger partial charge in [-0.05, 0) is 24.1 Å². The molecule has 108 valence electrons. The first-order valence-corrected chi connectivity index (χ1v) is 6.58. The van der Waals surface area contributed by atoms with Gasteiger partial charge in [-0.1, -0.05) is 12.1 Å². The van der Waals surface area contributed by atoms with Crippen LogP contribution in [0.4, 0.5) is 5.69 Å². The molecule has 0 bridgehead atoms. The van der Waals surface area contributed by atoms with Crippen LogP contribution in [0.2, 0.25) is 0 Å². The van der Waals surface area contributed by atoms with Crippen molar-refractivity contribution in [3.05, 3.63) is 42.5 Å². The van der Waals surface area contributed by atoms with E-state index in [1.807, 2.05) is 18.2 Å². The number of nitrogens with one attached hydrogen (secondary N) is 1. The maximum Gasteiger partial charge on any atom is 0.307 e. The van der Waals surface area contributed by atoms with Crippen LogP contribution in [0, 0.1) is 11.8 Å². The van der Waals surface area contributed by atoms with E-state index in [9.17, 15) is 9.59 Å². The van der Waals surface area contributed by atoms with E-state index < -0.39 is 17.8 Å². The first-order chi connectivity index (χ1) is 10.1. The molecule has 2 unspecified atom stereocenters. The molecule has 1 aliphatic rings. The van der Waals surface area contributed by atoms with Gasteiger partial charge in [-0.15, -0.1) is 0 Å². The van der Waals surface area contributed by atoms with Crippen molar-refractivity contribution in [1.82, 2.24) is 14.8 Å². The molecule has 2 atom stereocenters. The Hall–Kier alpha value is -2.70. The van der Waals surface area contributed by atoms with Crippen LogP contribution in [-0.4, -0.2) is 31.7 Å². The first-order valence-electron chi connectivity index (χ1n) is 6.58. The Labute approximate surface area is 120 Å². The number of aliphatic carboxylic acids is 1. The normalized spacial score (nSPS) is 20.0. The monoisotopic (exact) mass is 286 g/mol. The van der Waals surface area contributed by atoms with Gasteiger partial charge in [0.2, 0.25) is 5.91 Å². The summed E-state index contributed by atoms with van der Waals surface area (Å²) in [4.78, 5) is 26.6. The van der Waals surface area contributed by atoms with Crippen molar-refractivity contribution in [1.29, 1.82) is 0 Å². The number of benzene rings is 1. The van der Waals surface area contributed by atoms with E-state index in [4.69, 9.17) is 5.11 Å². The molecule has 3 rings (SSSR count). The minimum Gasteiger partial charge on any atom is -0.481 e. The fraction of sp³-hybridized carbons (Fsp3) is 0.286. The number of carboxylic acid groups (broad SMARTS) is 1. The molecule has 1 fully saturated rings. The van der Waals surface area contributed by atoms with E-state index in [0.717, 1.165) is 5.56 Å². The summed E-state index contributed by atoms with van der Waals surface area (Å²) < 4.78 is 1.68. The van der Waals surface area contributed by atoms with Crippen LogP contribution < -0.4 is 5.32 Å². The molecule has 1 amide bonds. The number of hydrogen-bond acceptors (Lipinski definition) is 4. The molecule has 1 aromatic carbocycles. The number of rotatable bonds is 5. The average Bonchev–Trinajstić information content (AvgIpc) is 3.11. The summed E-state index contributed by atoms with van der Waals surface area (Å²) in [6.07, 6.45) is 3.50. The Morgan fingerprint density at radius 1 is 1.38 bits per heavy atom. The fourth-order valence-corrected chi connectivity index (χ4v) is 2.24. The predicted molar refractivity (Wildman–Crippen MR) is 73.4 cm³/mol. The summed E-state index contributed by atoms with van der Waals surface area (Å²) in [5.41, 5.74) is 1.64. The summed E-state index contributed by atoms with van der Waals surface area (Å²) in [7, 11) is 0. The predicted octanol–water partition coefficient (Wildman–Crippen LogP) is 0.986. The topological polar surface area (TPSA) is 97.1 Å². The molecule has 0 radical (unpaired) electrons. The summed E-state index contributed by atoms with van der Waals surface area (Å²) in [5.74, 6) is -2.10. The summed E-state index contributed by atoms with van der Waals surface area (Å²) in [6.45, 7) is 0.560. The summed E-state index contributed by atoms with van der Waals surface area (Å²) in [5, 5.41) is 15.6. The molecule has 1 aliphatic carbocycles. The van der Waals surface area contributed by atoms with Gasteiger partial charge in [-0.3, -0.25) is 9.59 Å². The van der Waals surface area contributed by atoms with Crippen molar-refractivity contribution >= 4 is 17.6 Å². The van der Waals surface area contributed by atoms with E-state index in [0.29, 0.717) is 18.7 Å². The van der Waals surface area contributed by atoms with Crippen LogP contribution in [0.3, 0.4) is 0 Å². The Morgan fingerprint density at radius 2 is 2.24 bits per heavy atom. The molecule has 2 N–H and O–H groups in total. The maximum atomic E-state index is 11.9. The molecular formula is C14H14N4O3. The van der Waals surface area contributed by atoms with Gasteiger partial charge in [-0.25, -0.2) is 9.67 Å². The number of hydrogen-bond donors (Lipinski definition) is 2. The van der Waals surface area contributed by atoms with E-state index in [2.05, 4.69) is 15.4 Å². The van der Waals surface area contributed by atoms with Gasteiger partial charge in [0.15, 0.2) is 0 Å². The molecule has 1 aromatic heterocycles. The zero-order valence-corrected chi connectivity index (χ0v) is 11.1. The number of carbonyl (C=O) groups is 2. The highest BCUT2D eigenvalue weighted by molar-refractivity contribution is 5.98. The molecule has 1 heterocycles. The first kappa shape index (κ1) is 13.3. The van der Waals surface area contributed by atoms with Gasteiger partial charge < -0.3 is 10.4 Å². The largest absolute Gasteiger partial charge is 0.481 e. The van der Waals surface area contributed by atoms with Crippen molar-refractivity contribution in [2.24, 2.45) is 11.8 Å². The minimum atomic E-state index is -0.907. The van der Waals surface area contributed by atoms with Crippen molar-refractivity contribution in [2.45, 2.75) is 13.0 Å². The quantitative estimate of drug-likeness (QED) is 0.854. The van der Waals surface area contributed by atoms with E-state index in [1.54, 1.807) is 17.1 Å². The highest BCUT2D eigenvalue weighted by Gasteiger charge is 2.48. The van der Waals surface area contributed by atoms with E-state index in [1.165, 1.54) is 6.33 Å². The smallest absolute Gasteiger partial charge is 0.307 e. The second kappa shape index (κ2) is 5.35. The van der Waals surface area contributed by atoms with Crippen LogP contribution >= 0.6 is 0 Å². The number of carbonyl (C=O) groups excluding carboxylic acids is 1. The Bertz CT molecular complexity index is 669. The third-order valence-corrected chi connectivity index (χ3v) is 3.45. The molecule has 2 aromatic rings. The van der Waals surface area contributed by atoms with Gasteiger partial charge in [0.1, 0.15) is 12.7 Å². The minimum absolute atomic E-state index is 0.236. The third-order valence-electron chi connectivity index (χ3n) is 3.45. The van der Waals surface area contributed by atoms with Gasteiger partial charge in [0, 0.05) is 5.69 Å². The second-order valence-corrected chi connectivity index (χ2v) is 5.07. The van der Waals surface area contributed by atoms with Crippen molar-refractivity contribution in [3.63, 3.8) is 0 Å². The highest BCUT2D eigenvalue weighted by atomic mass is 16.4. The zero-order valence-electron chi connectivity index (χ0n) is 11.1. The highest BCUT2D eigenvalue weighted by Crippen LogP contribution is 2.39. The number of anilines is 1. The lowest BCUT2D eigenvalue weighted by Crippen LogP contribution is -2.17. The molecule has 1 saturated carbocycles. The fourth-order valence-electron chi connectivity index (χ4n) is 2.24. The van der Waals surface area contributed by atoms with Crippen molar-refractivity contribution in [3.8, 4) is 0 Å². The molecule has 0 spiro atoms. The van der Waals surface area contributed by atoms with Crippen LogP contribution in [0.1, 0.15) is 12.0 Å². The molecule has 0 saturated heterocycles. The number of carboxylic acids is 1. The molecule has 21 heavy (non-hydrogen) atoms. The Morgan fingerprint density at radius 3 is 2.90 bits per heavy atom. The number of amides is 1. The van der Waals surface area contributed by atoms with Crippen LogP contribution in [0.15, 0.2) is 36.9 Å². The lowest BCUT2D eigenvalue weighted by atomic mass is 10.2. The lowest BCUT2D eigenvalue weighted by molar-refractivity contribution is -0.139. The average molecular weight is 286 g/mol.